The van der Waals surface area contributed by atoms with Crippen molar-refractivity contribution < 1.29 is 14.3 Å². The molecule has 2 amide bonds. The molecule has 1 unspecified atom stereocenters. The lowest BCUT2D eigenvalue weighted by molar-refractivity contribution is -0.125. The predicted octanol–water partition coefficient (Wildman–Crippen LogP) is 5.48. The van der Waals surface area contributed by atoms with Gasteiger partial charge in [0.05, 0.1) is 16.3 Å². The summed E-state index contributed by atoms with van der Waals surface area (Å²) in [5, 5.41) is 3.69. The van der Waals surface area contributed by atoms with Crippen LogP contribution in [0.2, 0.25) is 0 Å². The van der Waals surface area contributed by atoms with Crippen molar-refractivity contribution in [3.8, 4) is 11.1 Å². The molecule has 0 radical (unpaired) electrons. The Kier molecular flexibility index (Phi) is 8.57. The molecular weight excluding hydrogens is 586 g/mol. The maximum atomic E-state index is 13.1. The number of hydrogen-bond donors (Lipinski definition) is 1. The first-order valence-corrected chi connectivity index (χ1v) is 16.8. The van der Waals surface area contributed by atoms with Gasteiger partial charge < -0.3 is 15.0 Å². The zero-order valence-electron chi connectivity index (χ0n) is 25.8. The summed E-state index contributed by atoms with van der Waals surface area (Å²) in [5.41, 5.74) is 4.35. The summed E-state index contributed by atoms with van der Waals surface area (Å²) in [4.78, 5) is 48.4. The Morgan fingerprint density at radius 1 is 1.02 bits per heavy atom. The Bertz CT molecular complexity index is 1680. The van der Waals surface area contributed by atoms with Crippen LogP contribution in [0.15, 0.2) is 48.9 Å². The molecule has 3 aliphatic rings. The lowest BCUT2D eigenvalue weighted by Gasteiger charge is -2.49. The van der Waals surface area contributed by atoms with Crippen LogP contribution in [-0.4, -0.2) is 79.4 Å². The molecule has 2 aliphatic carbocycles. The molecule has 7 rings (SSSR count). The number of hydrogen-bond acceptors (Lipinski definition) is 9. The summed E-state index contributed by atoms with van der Waals surface area (Å²) in [6, 6.07) is 10.3. The average Bonchev–Trinajstić information content (AvgIpc) is 3.69. The highest BCUT2D eigenvalue weighted by molar-refractivity contribution is 7.22. The van der Waals surface area contributed by atoms with E-state index in [0.29, 0.717) is 48.4 Å². The summed E-state index contributed by atoms with van der Waals surface area (Å²) >= 11 is 1.49. The van der Waals surface area contributed by atoms with E-state index in [2.05, 4.69) is 43.1 Å². The Labute approximate surface area is 267 Å². The lowest BCUT2D eigenvalue weighted by Crippen LogP contribution is -2.60. The minimum absolute atomic E-state index is 0.0301. The largest absolute Gasteiger partial charge is 0.370 e. The molecule has 3 fully saturated rings. The first-order valence-electron chi connectivity index (χ1n) is 16.0. The van der Waals surface area contributed by atoms with E-state index < -0.39 is 0 Å². The molecule has 10 nitrogen and oxygen atoms in total. The van der Waals surface area contributed by atoms with E-state index in [1.807, 2.05) is 42.4 Å². The van der Waals surface area contributed by atoms with Gasteiger partial charge in [-0.2, -0.15) is 0 Å². The topological polar surface area (TPSA) is 113 Å². The van der Waals surface area contributed by atoms with Crippen molar-refractivity contribution in [1.29, 1.82) is 0 Å². The maximum Gasteiger partial charge on any atom is 0.254 e. The highest BCUT2D eigenvalue weighted by atomic mass is 32.1. The quantitative estimate of drug-likeness (QED) is 0.274. The molecule has 1 aliphatic heterocycles. The Morgan fingerprint density at radius 2 is 1.82 bits per heavy atom. The summed E-state index contributed by atoms with van der Waals surface area (Å²) in [7, 11) is 0. The van der Waals surface area contributed by atoms with Crippen molar-refractivity contribution in [2.45, 2.75) is 77.2 Å². The maximum absolute atomic E-state index is 13.1. The number of benzene rings is 1. The van der Waals surface area contributed by atoms with E-state index in [-0.39, 0.29) is 23.8 Å². The van der Waals surface area contributed by atoms with Crippen molar-refractivity contribution in [2.24, 2.45) is 5.92 Å². The Hall–Kier alpha value is -3.80. The summed E-state index contributed by atoms with van der Waals surface area (Å²) < 4.78 is 6.95. The highest BCUT2D eigenvalue weighted by Crippen LogP contribution is 2.36. The fourth-order valence-corrected chi connectivity index (χ4v) is 7.73. The Morgan fingerprint density at radius 3 is 2.58 bits per heavy atom. The Balaban J connectivity index is 0.904. The second-order valence-electron chi connectivity index (χ2n) is 12.6. The van der Waals surface area contributed by atoms with Crippen LogP contribution in [0.1, 0.15) is 67.3 Å². The van der Waals surface area contributed by atoms with Crippen LogP contribution in [0.5, 0.6) is 0 Å². The number of piperazine rings is 1. The summed E-state index contributed by atoms with van der Waals surface area (Å²) in [6.45, 7) is 6.72. The monoisotopic (exact) mass is 625 g/mol. The number of nitrogens with zero attached hydrogens (tertiary/aromatic N) is 6. The minimum atomic E-state index is -0.0301. The number of carbonyl (C=O) groups is 2. The zero-order valence-corrected chi connectivity index (χ0v) is 26.6. The smallest absolute Gasteiger partial charge is 0.254 e. The van der Waals surface area contributed by atoms with E-state index in [0.717, 1.165) is 59.3 Å². The van der Waals surface area contributed by atoms with Gasteiger partial charge in [-0.1, -0.05) is 30.2 Å². The molecule has 234 valence electrons. The average molecular weight is 626 g/mol. The van der Waals surface area contributed by atoms with Crippen molar-refractivity contribution >= 4 is 38.5 Å². The van der Waals surface area contributed by atoms with Gasteiger partial charge in [-0.3, -0.25) is 19.5 Å². The van der Waals surface area contributed by atoms with Crippen LogP contribution >= 0.6 is 11.3 Å². The van der Waals surface area contributed by atoms with Gasteiger partial charge in [0.15, 0.2) is 11.0 Å². The van der Waals surface area contributed by atoms with Gasteiger partial charge in [-0.25, -0.2) is 15.0 Å². The summed E-state index contributed by atoms with van der Waals surface area (Å²) in [6.07, 6.45) is 12.1. The molecule has 4 heterocycles. The predicted molar refractivity (Wildman–Crippen MR) is 174 cm³/mol. The number of rotatable bonds is 8. The molecule has 1 aromatic carbocycles. The van der Waals surface area contributed by atoms with Crippen LogP contribution in [0.4, 0.5) is 5.13 Å². The van der Waals surface area contributed by atoms with Crippen molar-refractivity contribution in [2.75, 3.05) is 25.0 Å². The van der Waals surface area contributed by atoms with Crippen LogP contribution in [0.25, 0.3) is 21.3 Å². The third kappa shape index (κ3) is 6.61. The number of pyridine rings is 1. The van der Waals surface area contributed by atoms with Crippen molar-refractivity contribution in [1.82, 2.24) is 29.7 Å². The number of nitrogens with one attached hydrogen (secondary N) is 1. The molecule has 3 aromatic heterocycles. The van der Waals surface area contributed by atoms with Gasteiger partial charge in [0.25, 0.3) is 5.91 Å². The number of aromatic nitrogens is 4. The molecule has 45 heavy (non-hydrogen) atoms. The zero-order chi connectivity index (χ0) is 30.9. The van der Waals surface area contributed by atoms with Crippen molar-refractivity contribution in [3.63, 3.8) is 0 Å². The number of anilines is 1. The molecule has 0 spiro atoms. The van der Waals surface area contributed by atoms with Crippen molar-refractivity contribution in [3.05, 3.63) is 66.0 Å². The first-order chi connectivity index (χ1) is 21.9. The third-order valence-electron chi connectivity index (χ3n) is 9.47. The minimum Gasteiger partial charge on any atom is -0.370 e. The number of ether oxygens (including phenoxy) is 1. The van der Waals surface area contributed by atoms with Gasteiger partial charge in [-0.15, -0.1) is 0 Å². The molecule has 1 atom stereocenters. The number of fused-ring (bicyclic) bond motifs is 1. The lowest BCUT2D eigenvalue weighted by atomic mass is 9.78. The van der Waals surface area contributed by atoms with E-state index >= 15 is 0 Å². The SMILES string of the molecule is Cc1cc(C(=O)N2CCN(C3CC(C(=O)Nc4nc5ccc(-c6cnc(COC7CCCC7)nc6)cc5s4)C3)C(C)C2)ccn1. The standard InChI is InChI=1S/C34H39N7O3S/c1-21-13-24(9-10-35-21)33(43)40-11-12-41(22(2)19-40)27-14-25(15-27)32(42)39-34-38-29-8-7-23(16-30(29)45-34)26-17-36-31(37-18-26)20-44-28-5-3-4-6-28/h7-10,13,16-18,22,25,27-28H,3-6,11-12,14-15,19-20H2,1-2H3,(H,38,39,42). The second-order valence-corrected chi connectivity index (χ2v) is 13.7. The van der Waals surface area contributed by atoms with Gasteiger partial charge >= 0.3 is 0 Å². The molecule has 1 N–H and O–H groups in total. The molecule has 0 bridgehead atoms. The number of thiazole rings is 1. The van der Waals surface area contributed by atoms with Gasteiger partial charge in [0, 0.05) is 73.0 Å². The second kappa shape index (κ2) is 12.9. The van der Waals surface area contributed by atoms with E-state index in [4.69, 9.17) is 4.74 Å². The van der Waals surface area contributed by atoms with E-state index in [1.54, 1.807) is 12.3 Å². The van der Waals surface area contributed by atoms with Crippen LogP contribution in [0, 0.1) is 12.8 Å². The molecular formula is C34H39N7O3S. The van der Waals surface area contributed by atoms with Gasteiger partial charge in [0.1, 0.15) is 6.61 Å². The number of carbonyl (C=O) groups excluding carboxylic acids is 2. The normalized spacial score (nSPS) is 22.4. The van der Waals surface area contributed by atoms with Gasteiger partial charge in [-0.05, 0) is 69.4 Å². The fourth-order valence-electron chi connectivity index (χ4n) is 6.82. The number of aryl methyl sites for hydroxylation is 1. The van der Waals surface area contributed by atoms with Crippen LogP contribution in [0.3, 0.4) is 0 Å². The van der Waals surface area contributed by atoms with Crippen LogP contribution in [-0.2, 0) is 16.1 Å². The molecule has 2 saturated carbocycles. The molecule has 11 heteroatoms. The fraction of sp³-hybridized carbons (Fsp3) is 0.471. The first kappa shape index (κ1) is 29.9. The highest BCUT2D eigenvalue weighted by Gasteiger charge is 2.41. The summed E-state index contributed by atoms with van der Waals surface area (Å²) in [5.74, 6) is 0.768. The number of amides is 2. The van der Waals surface area contributed by atoms with E-state index in [9.17, 15) is 9.59 Å². The third-order valence-corrected chi connectivity index (χ3v) is 10.4. The van der Waals surface area contributed by atoms with Gasteiger partial charge in [0.2, 0.25) is 5.91 Å². The molecule has 1 saturated heterocycles. The molecule has 4 aromatic rings. The van der Waals surface area contributed by atoms with Crippen LogP contribution < -0.4 is 5.32 Å². The van der Waals surface area contributed by atoms with E-state index in [1.165, 1.54) is 24.2 Å².